The van der Waals surface area contributed by atoms with Crippen molar-refractivity contribution < 1.29 is 9.72 Å². The molecule has 9 nitrogen and oxygen atoms in total. The number of anilines is 2. The predicted molar refractivity (Wildman–Crippen MR) is 106 cm³/mol. The molecule has 0 spiro atoms. The summed E-state index contributed by atoms with van der Waals surface area (Å²) in [6.45, 7) is 8.63. The van der Waals surface area contributed by atoms with E-state index in [4.69, 9.17) is 0 Å². The molecule has 1 aliphatic rings. The lowest BCUT2D eigenvalue weighted by molar-refractivity contribution is -0.384. The molecule has 1 N–H and O–H groups in total. The Labute approximate surface area is 163 Å². The van der Waals surface area contributed by atoms with Gasteiger partial charge in [0.15, 0.2) is 0 Å². The van der Waals surface area contributed by atoms with Gasteiger partial charge in [0.1, 0.15) is 0 Å². The maximum Gasteiger partial charge on any atom is 0.271 e. The van der Waals surface area contributed by atoms with Gasteiger partial charge in [-0.3, -0.25) is 19.8 Å². The first-order valence-corrected chi connectivity index (χ1v) is 9.20. The van der Waals surface area contributed by atoms with Crippen molar-refractivity contribution in [3.8, 4) is 0 Å². The van der Waals surface area contributed by atoms with Crippen LogP contribution in [-0.2, 0) is 4.79 Å². The van der Waals surface area contributed by atoms with E-state index in [9.17, 15) is 14.9 Å². The summed E-state index contributed by atoms with van der Waals surface area (Å²) >= 11 is 0. The topological polar surface area (TPSA) is 105 Å². The molecule has 1 unspecified atom stereocenters. The van der Waals surface area contributed by atoms with Crippen LogP contribution in [0.2, 0.25) is 0 Å². The van der Waals surface area contributed by atoms with Gasteiger partial charge in [-0.25, -0.2) is 9.97 Å². The molecule has 2 aromatic rings. The summed E-state index contributed by atoms with van der Waals surface area (Å²) in [6, 6.07) is 7.56. The molecule has 1 atom stereocenters. The number of nitro groups is 1. The SMILES string of the molecule is Cc1cc(C)nc(N2CCN(C(C)C(=O)Nc3cccc([N+](=O)[O-])c3)CC2)n1. The molecule has 1 saturated heterocycles. The molecule has 1 amide bonds. The minimum atomic E-state index is -0.479. The van der Waals surface area contributed by atoms with E-state index in [0.29, 0.717) is 18.8 Å². The van der Waals surface area contributed by atoms with Crippen molar-refractivity contribution in [1.82, 2.24) is 14.9 Å². The van der Waals surface area contributed by atoms with Crippen LogP contribution in [0.15, 0.2) is 30.3 Å². The predicted octanol–water partition coefficient (Wildman–Crippen LogP) is 2.15. The van der Waals surface area contributed by atoms with Crippen LogP contribution in [0.25, 0.3) is 0 Å². The first kappa shape index (κ1) is 19.7. The third kappa shape index (κ3) is 4.61. The fraction of sp³-hybridized carbons (Fsp3) is 0.421. The molecule has 1 fully saturated rings. The van der Waals surface area contributed by atoms with Crippen LogP contribution < -0.4 is 10.2 Å². The van der Waals surface area contributed by atoms with E-state index in [1.54, 1.807) is 12.1 Å². The molecule has 1 aromatic heterocycles. The fourth-order valence-electron chi connectivity index (χ4n) is 3.27. The van der Waals surface area contributed by atoms with Crippen LogP contribution in [0.5, 0.6) is 0 Å². The molecule has 1 aromatic carbocycles. The Balaban J connectivity index is 1.58. The van der Waals surface area contributed by atoms with Gasteiger partial charge in [0, 0.05) is 55.4 Å². The normalized spacial score (nSPS) is 15.9. The number of amides is 1. The molecule has 0 radical (unpaired) electrons. The number of hydrogen-bond donors (Lipinski definition) is 1. The average molecular weight is 384 g/mol. The number of carbonyl (C=O) groups is 1. The van der Waals surface area contributed by atoms with E-state index in [0.717, 1.165) is 30.4 Å². The summed E-state index contributed by atoms with van der Waals surface area (Å²) in [4.78, 5) is 36.2. The lowest BCUT2D eigenvalue weighted by atomic mass is 10.2. The zero-order valence-electron chi connectivity index (χ0n) is 16.3. The number of aromatic nitrogens is 2. The number of aryl methyl sites for hydroxylation is 2. The van der Waals surface area contributed by atoms with E-state index in [1.807, 2.05) is 26.8 Å². The molecule has 0 bridgehead atoms. The van der Waals surface area contributed by atoms with Gasteiger partial charge in [0.25, 0.3) is 5.69 Å². The van der Waals surface area contributed by atoms with Crippen LogP contribution in [0, 0.1) is 24.0 Å². The highest BCUT2D eigenvalue weighted by Gasteiger charge is 2.27. The van der Waals surface area contributed by atoms with Gasteiger partial charge in [0.2, 0.25) is 11.9 Å². The maximum atomic E-state index is 12.6. The summed E-state index contributed by atoms with van der Waals surface area (Å²) < 4.78 is 0. The third-order valence-electron chi connectivity index (χ3n) is 4.82. The van der Waals surface area contributed by atoms with Crippen molar-refractivity contribution in [3.63, 3.8) is 0 Å². The van der Waals surface area contributed by atoms with E-state index in [2.05, 4.69) is 25.1 Å². The van der Waals surface area contributed by atoms with Crippen LogP contribution in [0.3, 0.4) is 0 Å². The highest BCUT2D eigenvalue weighted by Crippen LogP contribution is 2.19. The van der Waals surface area contributed by atoms with Gasteiger partial charge in [-0.05, 0) is 32.9 Å². The summed E-state index contributed by atoms with van der Waals surface area (Å²) in [6.07, 6.45) is 0. The second-order valence-corrected chi connectivity index (χ2v) is 6.95. The smallest absolute Gasteiger partial charge is 0.271 e. The second-order valence-electron chi connectivity index (χ2n) is 6.95. The van der Waals surface area contributed by atoms with Gasteiger partial charge in [-0.1, -0.05) is 6.07 Å². The molecule has 148 valence electrons. The Hall–Kier alpha value is -3.07. The molecule has 9 heteroatoms. The molecule has 1 aliphatic heterocycles. The van der Waals surface area contributed by atoms with Crippen LogP contribution in [0.1, 0.15) is 18.3 Å². The van der Waals surface area contributed by atoms with Crippen molar-refractivity contribution in [3.05, 3.63) is 51.8 Å². The van der Waals surface area contributed by atoms with Crippen molar-refractivity contribution in [2.24, 2.45) is 0 Å². The number of piperazine rings is 1. The van der Waals surface area contributed by atoms with Gasteiger partial charge in [-0.15, -0.1) is 0 Å². The second kappa shape index (κ2) is 8.30. The summed E-state index contributed by atoms with van der Waals surface area (Å²) in [5.74, 6) is 0.544. The lowest BCUT2D eigenvalue weighted by Crippen LogP contribution is -2.53. The summed E-state index contributed by atoms with van der Waals surface area (Å²) in [5.41, 5.74) is 2.25. The zero-order chi connectivity index (χ0) is 20.3. The van der Waals surface area contributed by atoms with Crippen LogP contribution in [0.4, 0.5) is 17.3 Å². The molecule has 0 saturated carbocycles. The first-order chi connectivity index (χ1) is 13.3. The number of nitrogens with zero attached hydrogens (tertiary/aromatic N) is 5. The van der Waals surface area contributed by atoms with E-state index < -0.39 is 4.92 Å². The Morgan fingerprint density at radius 2 is 1.79 bits per heavy atom. The quantitative estimate of drug-likeness (QED) is 0.622. The molecule has 28 heavy (non-hydrogen) atoms. The highest BCUT2D eigenvalue weighted by molar-refractivity contribution is 5.94. The maximum absolute atomic E-state index is 12.6. The number of nitrogens with one attached hydrogen (secondary N) is 1. The zero-order valence-corrected chi connectivity index (χ0v) is 16.3. The van der Waals surface area contributed by atoms with Crippen molar-refractivity contribution in [2.75, 3.05) is 36.4 Å². The Bertz CT molecular complexity index is 859. The third-order valence-corrected chi connectivity index (χ3v) is 4.82. The Morgan fingerprint density at radius 1 is 1.14 bits per heavy atom. The van der Waals surface area contributed by atoms with E-state index >= 15 is 0 Å². The van der Waals surface area contributed by atoms with E-state index in [1.165, 1.54) is 12.1 Å². The number of carbonyl (C=O) groups excluding carboxylic acids is 1. The molecule has 0 aliphatic carbocycles. The summed E-state index contributed by atoms with van der Waals surface area (Å²) in [7, 11) is 0. The Morgan fingerprint density at radius 3 is 2.39 bits per heavy atom. The van der Waals surface area contributed by atoms with Gasteiger partial charge >= 0.3 is 0 Å². The number of non-ortho nitro benzene ring substituents is 1. The molecular weight excluding hydrogens is 360 g/mol. The minimum absolute atomic E-state index is 0.0486. The number of nitro benzene ring substituents is 1. The average Bonchev–Trinajstić information content (AvgIpc) is 2.67. The van der Waals surface area contributed by atoms with Gasteiger partial charge < -0.3 is 10.2 Å². The highest BCUT2D eigenvalue weighted by atomic mass is 16.6. The van der Waals surface area contributed by atoms with Gasteiger partial charge in [-0.2, -0.15) is 0 Å². The van der Waals surface area contributed by atoms with Gasteiger partial charge in [0.05, 0.1) is 11.0 Å². The van der Waals surface area contributed by atoms with Crippen molar-refractivity contribution in [1.29, 1.82) is 0 Å². The minimum Gasteiger partial charge on any atom is -0.338 e. The van der Waals surface area contributed by atoms with E-state index in [-0.39, 0.29) is 17.6 Å². The van der Waals surface area contributed by atoms with Crippen molar-refractivity contribution >= 4 is 23.2 Å². The largest absolute Gasteiger partial charge is 0.338 e. The number of hydrogen-bond acceptors (Lipinski definition) is 7. The molecule has 2 heterocycles. The molecule has 3 rings (SSSR count). The first-order valence-electron chi connectivity index (χ1n) is 9.20. The number of benzene rings is 1. The fourth-order valence-corrected chi connectivity index (χ4v) is 3.27. The molecular formula is C19H24N6O3. The lowest BCUT2D eigenvalue weighted by Gasteiger charge is -2.37. The monoisotopic (exact) mass is 384 g/mol. The summed E-state index contributed by atoms with van der Waals surface area (Å²) in [5, 5.41) is 13.6. The standard InChI is InChI=1S/C19H24N6O3/c1-13-11-14(2)21-19(20-13)24-9-7-23(8-10-24)15(3)18(26)22-16-5-4-6-17(12-16)25(27)28/h4-6,11-12,15H,7-10H2,1-3H3,(H,22,26). The van der Waals surface area contributed by atoms with Crippen molar-refractivity contribution in [2.45, 2.75) is 26.8 Å². The Kier molecular flexibility index (Phi) is 5.84. The van der Waals surface area contributed by atoms with Crippen LogP contribution in [-0.4, -0.2) is 57.9 Å². The number of rotatable bonds is 5. The van der Waals surface area contributed by atoms with Crippen LogP contribution >= 0.6 is 0 Å².